The summed E-state index contributed by atoms with van der Waals surface area (Å²) in [6, 6.07) is 4.31. The van der Waals surface area contributed by atoms with Crippen LogP contribution in [0.2, 0.25) is 0 Å². The third kappa shape index (κ3) is 2.05. The first-order valence-electron chi connectivity index (χ1n) is 5.52. The second-order valence-electron chi connectivity index (χ2n) is 4.54. The molecule has 0 aliphatic heterocycles. The van der Waals surface area contributed by atoms with E-state index in [0.29, 0.717) is 18.4 Å². The number of aromatic hydroxyl groups is 1. The van der Waals surface area contributed by atoms with Gasteiger partial charge in [-0.15, -0.1) is 0 Å². The van der Waals surface area contributed by atoms with Gasteiger partial charge in [0.25, 0.3) is 0 Å². The third-order valence-electron chi connectivity index (χ3n) is 3.34. The van der Waals surface area contributed by atoms with E-state index in [1.165, 1.54) is 12.1 Å². The quantitative estimate of drug-likeness (QED) is 0.664. The summed E-state index contributed by atoms with van der Waals surface area (Å²) >= 11 is 0. The van der Waals surface area contributed by atoms with Crippen LogP contribution in [-0.4, -0.2) is 25.9 Å². The van der Waals surface area contributed by atoms with Gasteiger partial charge in [0.05, 0.1) is 5.54 Å². The molecule has 0 bridgehead atoms. The highest BCUT2D eigenvalue weighted by Crippen LogP contribution is 2.46. The lowest BCUT2D eigenvalue weighted by atomic mass is 9.72. The van der Waals surface area contributed by atoms with Crippen molar-refractivity contribution in [3.63, 3.8) is 0 Å². The van der Waals surface area contributed by atoms with Gasteiger partial charge < -0.3 is 5.11 Å². The maximum Gasteiger partial charge on any atom is 0.235 e. The number of benzene rings is 1. The van der Waals surface area contributed by atoms with Gasteiger partial charge in [-0.05, 0) is 37.0 Å². The first-order chi connectivity index (χ1) is 8.39. The molecular weight excluding hydrogens is 254 g/mol. The summed E-state index contributed by atoms with van der Waals surface area (Å²) in [5.41, 5.74) is 0.0249. The second-order valence-corrected chi connectivity index (χ2v) is 6.53. The average Bonchev–Trinajstić information content (AvgIpc) is 2.21. The van der Waals surface area contributed by atoms with E-state index in [0.717, 1.165) is 12.7 Å². The number of hydrogen-bond acceptors (Lipinski definition) is 5. The molecule has 1 saturated carbocycles. The number of rotatable bonds is 3. The van der Waals surface area contributed by atoms with Crippen molar-refractivity contribution < 1.29 is 18.3 Å². The number of phenolic OH excluding ortho intramolecular Hbond substituents is 1. The number of nitrogens with zero attached hydrogens (tertiary/aromatic N) is 1. The maximum atomic E-state index is 11.4. The lowest BCUT2D eigenvalue weighted by Crippen LogP contribution is -2.31. The van der Waals surface area contributed by atoms with Crippen LogP contribution >= 0.6 is 0 Å². The highest BCUT2D eigenvalue weighted by atomic mass is 32.2. The molecule has 1 aliphatic rings. The summed E-state index contributed by atoms with van der Waals surface area (Å²) in [6.07, 6.45) is 4.94. The molecule has 1 aliphatic carbocycles. The minimum atomic E-state index is -3.45. The molecule has 0 heterocycles. The zero-order valence-corrected chi connectivity index (χ0v) is 10.7. The molecule has 0 aromatic heterocycles. The van der Waals surface area contributed by atoms with E-state index in [4.69, 9.17) is 0 Å². The fraction of sp³-hybridized carbons (Fsp3) is 0.417. The molecule has 2 rings (SSSR count). The Morgan fingerprint density at radius 1 is 1.39 bits per heavy atom. The molecule has 0 saturated heterocycles. The largest absolute Gasteiger partial charge is 0.507 e. The first-order valence-corrected chi connectivity index (χ1v) is 7.41. The summed E-state index contributed by atoms with van der Waals surface area (Å²) in [4.78, 5) is 14.1. The first kappa shape index (κ1) is 12.8. The molecule has 96 valence electrons. The van der Waals surface area contributed by atoms with Crippen LogP contribution in [-0.2, 0) is 20.2 Å². The summed E-state index contributed by atoms with van der Waals surface area (Å²) in [6.45, 7) is 0. The van der Waals surface area contributed by atoms with E-state index in [9.17, 15) is 18.3 Å². The van der Waals surface area contributed by atoms with Gasteiger partial charge in [0.15, 0.2) is 9.84 Å². The van der Waals surface area contributed by atoms with Crippen LogP contribution in [0.15, 0.2) is 28.1 Å². The van der Waals surface area contributed by atoms with Crippen molar-refractivity contribution in [2.45, 2.75) is 29.7 Å². The summed E-state index contributed by atoms with van der Waals surface area (Å²) in [5.74, 6) is -0.303. The normalized spacial score (nSPS) is 17.6. The van der Waals surface area contributed by atoms with Gasteiger partial charge in [-0.1, -0.05) is 6.07 Å². The van der Waals surface area contributed by atoms with Gasteiger partial charge in [0.2, 0.25) is 6.08 Å². The standard InChI is InChI=1S/C12H13NO4S/c1-18(16,17)11-4-3-9(7-10(11)15)12(13-8-14)5-2-6-12/h3-4,7,15H,2,5-6H2,1H3. The molecule has 18 heavy (non-hydrogen) atoms. The van der Waals surface area contributed by atoms with Crippen LogP contribution in [0, 0.1) is 0 Å². The monoisotopic (exact) mass is 267 g/mol. The van der Waals surface area contributed by atoms with Crippen molar-refractivity contribution >= 4 is 15.9 Å². The Morgan fingerprint density at radius 3 is 2.44 bits per heavy atom. The van der Waals surface area contributed by atoms with Gasteiger partial charge in [-0.25, -0.2) is 13.2 Å². The number of carbonyl (C=O) groups excluding carboxylic acids is 1. The summed E-state index contributed by atoms with van der Waals surface area (Å²) in [5, 5.41) is 9.76. The number of isocyanates is 1. The van der Waals surface area contributed by atoms with Crippen molar-refractivity contribution in [3.05, 3.63) is 23.8 Å². The lowest BCUT2D eigenvalue weighted by Gasteiger charge is -2.37. The van der Waals surface area contributed by atoms with Crippen molar-refractivity contribution in [2.24, 2.45) is 4.99 Å². The van der Waals surface area contributed by atoms with Crippen molar-refractivity contribution in [1.82, 2.24) is 0 Å². The Balaban J connectivity index is 2.50. The van der Waals surface area contributed by atoms with E-state index < -0.39 is 15.4 Å². The van der Waals surface area contributed by atoms with Crippen LogP contribution in [0.1, 0.15) is 24.8 Å². The van der Waals surface area contributed by atoms with Gasteiger partial charge in [-0.2, -0.15) is 4.99 Å². The van der Waals surface area contributed by atoms with Crippen molar-refractivity contribution in [3.8, 4) is 5.75 Å². The lowest BCUT2D eigenvalue weighted by molar-refractivity contribution is 0.255. The van der Waals surface area contributed by atoms with E-state index in [1.807, 2.05) is 0 Å². The number of hydrogen-bond donors (Lipinski definition) is 1. The van der Waals surface area contributed by atoms with E-state index in [1.54, 1.807) is 12.1 Å². The van der Waals surface area contributed by atoms with Crippen molar-refractivity contribution in [2.75, 3.05) is 6.26 Å². The molecule has 0 unspecified atom stereocenters. The Kier molecular flexibility index (Phi) is 3.00. The molecule has 0 spiro atoms. The fourth-order valence-corrected chi connectivity index (χ4v) is 2.94. The molecule has 6 heteroatoms. The minimum Gasteiger partial charge on any atom is -0.507 e. The van der Waals surface area contributed by atoms with Gasteiger partial charge in [0.1, 0.15) is 10.6 Å². The molecule has 0 atom stereocenters. The predicted molar refractivity (Wildman–Crippen MR) is 64.9 cm³/mol. The minimum absolute atomic E-state index is 0.115. The molecule has 1 aromatic carbocycles. The highest BCUT2D eigenvalue weighted by molar-refractivity contribution is 7.90. The molecule has 0 radical (unpaired) electrons. The van der Waals surface area contributed by atoms with Crippen LogP contribution < -0.4 is 0 Å². The zero-order valence-electron chi connectivity index (χ0n) is 9.88. The van der Waals surface area contributed by atoms with E-state index in [2.05, 4.69) is 4.99 Å². The molecule has 5 nitrogen and oxygen atoms in total. The predicted octanol–water partition coefficient (Wildman–Crippen LogP) is 1.51. The van der Waals surface area contributed by atoms with E-state index in [-0.39, 0.29) is 10.6 Å². The summed E-state index contributed by atoms with van der Waals surface area (Å²) < 4.78 is 22.8. The fourth-order valence-electron chi connectivity index (χ4n) is 2.18. The molecule has 1 N–H and O–H groups in total. The van der Waals surface area contributed by atoms with Gasteiger partial charge in [-0.3, -0.25) is 0 Å². The number of phenols is 1. The Labute approximate surface area is 105 Å². The van der Waals surface area contributed by atoms with Crippen LogP contribution in [0.5, 0.6) is 5.75 Å². The highest BCUT2D eigenvalue weighted by Gasteiger charge is 2.39. The smallest absolute Gasteiger partial charge is 0.235 e. The van der Waals surface area contributed by atoms with Crippen LogP contribution in [0.25, 0.3) is 0 Å². The van der Waals surface area contributed by atoms with Crippen LogP contribution in [0.3, 0.4) is 0 Å². The topological polar surface area (TPSA) is 83.8 Å². The molecule has 0 amide bonds. The SMILES string of the molecule is CS(=O)(=O)c1ccc(C2(N=C=O)CCC2)cc1O. The average molecular weight is 267 g/mol. The second kappa shape index (κ2) is 4.23. The molecule has 1 fully saturated rings. The number of sulfone groups is 1. The van der Waals surface area contributed by atoms with Crippen LogP contribution in [0.4, 0.5) is 0 Å². The Hall–Kier alpha value is -1.65. The number of aliphatic imine (C=N–C) groups is 1. The molecule has 1 aromatic rings. The Bertz CT molecular complexity index is 625. The van der Waals surface area contributed by atoms with Crippen molar-refractivity contribution in [1.29, 1.82) is 0 Å². The Morgan fingerprint density at radius 2 is 2.06 bits per heavy atom. The maximum absolute atomic E-state index is 11.4. The van der Waals surface area contributed by atoms with Gasteiger partial charge >= 0.3 is 0 Å². The van der Waals surface area contributed by atoms with Gasteiger partial charge in [0, 0.05) is 6.26 Å². The summed E-state index contributed by atoms with van der Waals surface area (Å²) in [7, 11) is -3.45. The zero-order chi connectivity index (χ0) is 13.4. The third-order valence-corrected chi connectivity index (χ3v) is 4.48. The van der Waals surface area contributed by atoms with E-state index >= 15 is 0 Å². The molecular formula is C12H13NO4S.